The number of carbonyl (C=O) groups is 1. The third-order valence-electron chi connectivity index (χ3n) is 4.32. The van der Waals surface area contributed by atoms with E-state index in [1.54, 1.807) is 19.0 Å². The van der Waals surface area contributed by atoms with Crippen molar-refractivity contribution in [3.63, 3.8) is 0 Å². The highest BCUT2D eigenvalue weighted by Gasteiger charge is 2.22. The van der Waals surface area contributed by atoms with Gasteiger partial charge in [0.1, 0.15) is 6.54 Å². The van der Waals surface area contributed by atoms with Gasteiger partial charge in [-0.15, -0.1) is 24.0 Å². The normalized spacial score (nSPS) is 21.6. The van der Waals surface area contributed by atoms with Crippen LogP contribution in [0.2, 0.25) is 0 Å². The first-order valence-corrected chi connectivity index (χ1v) is 8.65. The van der Waals surface area contributed by atoms with Gasteiger partial charge in [0, 0.05) is 26.7 Å². The van der Waals surface area contributed by atoms with Crippen molar-refractivity contribution in [3.8, 4) is 0 Å². The molecule has 6 heteroatoms. The molecule has 0 aromatic rings. The largest absolute Gasteiger partial charge is 0.356 e. The average Bonchev–Trinajstić information content (AvgIpc) is 2.45. The smallest absolute Gasteiger partial charge is 0.243 e. The van der Waals surface area contributed by atoms with E-state index in [2.05, 4.69) is 36.4 Å². The zero-order valence-corrected chi connectivity index (χ0v) is 17.7. The molecule has 1 amide bonds. The Labute approximate surface area is 159 Å². The van der Waals surface area contributed by atoms with Gasteiger partial charge < -0.3 is 15.5 Å². The molecule has 0 aromatic heterocycles. The molecule has 0 radical (unpaired) electrons. The molecule has 1 aliphatic carbocycles. The maximum Gasteiger partial charge on any atom is 0.243 e. The molecule has 1 aliphatic rings. The Balaban J connectivity index is 0.00000484. The maximum absolute atomic E-state index is 11.7. The number of halogens is 1. The molecule has 2 unspecified atom stereocenters. The summed E-state index contributed by atoms with van der Waals surface area (Å²) in [4.78, 5) is 17.8. The summed E-state index contributed by atoms with van der Waals surface area (Å²) in [6.45, 7) is 7.81. The average molecular weight is 438 g/mol. The number of hydrogen-bond acceptors (Lipinski definition) is 2. The second kappa shape index (κ2) is 11.9. The van der Waals surface area contributed by atoms with Crippen LogP contribution in [0.25, 0.3) is 0 Å². The second-order valence-electron chi connectivity index (χ2n) is 7.07. The summed E-state index contributed by atoms with van der Waals surface area (Å²) in [5.74, 6) is 2.14. The molecule has 0 bridgehead atoms. The molecule has 0 heterocycles. The number of likely N-dealkylation sites (N-methyl/N-ethyl adjacent to an activating group) is 1. The Kier molecular flexibility index (Phi) is 11.6. The van der Waals surface area contributed by atoms with Crippen molar-refractivity contribution in [1.29, 1.82) is 0 Å². The van der Waals surface area contributed by atoms with Crippen LogP contribution in [-0.2, 0) is 4.79 Å². The fraction of sp³-hybridized carbons (Fsp3) is 0.882. The van der Waals surface area contributed by atoms with Crippen molar-refractivity contribution >= 4 is 35.8 Å². The number of rotatable bonds is 6. The summed E-state index contributed by atoms with van der Waals surface area (Å²) in [5.41, 5.74) is 0. The molecule has 0 aromatic carbocycles. The maximum atomic E-state index is 11.7. The molecule has 1 rings (SSSR count). The van der Waals surface area contributed by atoms with E-state index in [4.69, 9.17) is 0 Å². The van der Waals surface area contributed by atoms with Gasteiger partial charge in [-0.3, -0.25) is 4.79 Å². The minimum absolute atomic E-state index is 0. The first kappa shape index (κ1) is 22.5. The Hall–Kier alpha value is -0.530. The van der Waals surface area contributed by atoms with Crippen LogP contribution in [0.1, 0.15) is 52.9 Å². The first-order valence-electron chi connectivity index (χ1n) is 8.65. The highest BCUT2D eigenvalue weighted by atomic mass is 127. The topological polar surface area (TPSA) is 56.7 Å². The van der Waals surface area contributed by atoms with Crippen molar-refractivity contribution in [2.45, 2.75) is 58.9 Å². The van der Waals surface area contributed by atoms with Crippen molar-refractivity contribution in [2.75, 3.05) is 27.2 Å². The quantitative estimate of drug-likeness (QED) is 0.381. The molecule has 2 atom stereocenters. The molecule has 5 nitrogen and oxygen atoms in total. The summed E-state index contributed by atoms with van der Waals surface area (Å²) in [6.07, 6.45) is 6.16. The monoisotopic (exact) mass is 438 g/mol. The summed E-state index contributed by atoms with van der Waals surface area (Å²) in [5, 5.41) is 6.92. The van der Waals surface area contributed by atoms with Crippen LogP contribution in [0.4, 0.5) is 0 Å². The SMILES string of the molecule is CC(C)CCNC(=NCC(=O)N(C)C)NC1CCCCC1C.I. The molecule has 0 aliphatic heterocycles. The molecular formula is C17H35IN4O. The van der Waals surface area contributed by atoms with Crippen LogP contribution in [0, 0.1) is 11.8 Å². The van der Waals surface area contributed by atoms with Gasteiger partial charge >= 0.3 is 0 Å². The van der Waals surface area contributed by atoms with Crippen LogP contribution >= 0.6 is 24.0 Å². The van der Waals surface area contributed by atoms with E-state index in [-0.39, 0.29) is 36.4 Å². The van der Waals surface area contributed by atoms with E-state index in [0.29, 0.717) is 17.9 Å². The Morgan fingerprint density at radius 3 is 2.48 bits per heavy atom. The molecule has 136 valence electrons. The third kappa shape index (κ3) is 9.37. The Morgan fingerprint density at radius 1 is 1.26 bits per heavy atom. The lowest BCUT2D eigenvalue weighted by Gasteiger charge is -2.31. The lowest BCUT2D eigenvalue weighted by atomic mass is 9.86. The van der Waals surface area contributed by atoms with Crippen LogP contribution in [0.5, 0.6) is 0 Å². The highest BCUT2D eigenvalue weighted by Crippen LogP contribution is 2.23. The summed E-state index contributed by atoms with van der Waals surface area (Å²) in [6, 6.07) is 0.466. The number of nitrogens with zero attached hydrogens (tertiary/aromatic N) is 2. The van der Waals surface area contributed by atoms with Gasteiger partial charge in [-0.25, -0.2) is 4.99 Å². The lowest BCUT2D eigenvalue weighted by molar-refractivity contribution is -0.127. The van der Waals surface area contributed by atoms with Crippen LogP contribution in [0.15, 0.2) is 4.99 Å². The van der Waals surface area contributed by atoms with Crippen molar-refractivity contribution in [3.05, 3.63) is 0 Å². The van der Waals surface area contributed by atoms with Gasteiger partial charge in [-0.05, 0) is 31.1 Å². The molecular weight excluding hydrogens is 403 g/mol. The van der Waals surface area contributed by atoms with Crippen LogP contribution in [-0.4, -0.2) is 50.0 Å². The zero-order chi connectivity index (χ0) is 16.5. The number of nitrogens with one attached hydrogen (secondary N) is 2. The van der Waals surface area contributed by atoms with Gasteiger partial charge in [0.15, 0.2) is 5.96 Å². The molecule has 23 heavy (non-hydrogen) atoms. The summed E-state index contributed by atoms with van der Waals surface area (Å²) in [7, 11) is 3.53. The molecule has 0 spiro atoms. The Bertz CT molecular complexity index is 372. The van der Waals surface area contributed by atoms with Crippen LogP contribution < -0.4 is 10.6 Å². The number of carbonyl (C=O) groups excluding carboxylic acids is 1. The van der Waals surface area contributed by atoms with Crippen molar-refractivity contribution in [1.82, 2.24) is 15.5 Å². The summed E-state index contributed by atoms with van der Waals surface area (Å²) < 4.78 is 0. The number of aliphatic imine (C=N–C) groups is 1. The van der Waals surface area contributed by atoms with Gasteiger partial charge in [0.2, 0.25) is 5.91 Å². The van der Waals surface area contributed by atoms with E-state index in [1.165, 1.54) is 25.7 Å². The predicted octanol–water partition coefficient (Wildman–Crippen LogP) is 2.85. The fourth-order valence-electron chi connectivity index (χ4n) is 2.63. The molecule has 2 N–H and O–H groups in total. The van der Waals surface area contributed by atoms with Gasteiger partial charge in [-0.2, -0.15) is 0 Å². The number of amides is 1. The van der Waals surface area contributed by atoms with E-state index >= 15 is 0 Å². The van der Waals surface area contributed by atoms with Crippen molar-refractivity contribution in [2.24, 2.45) is 16.8 Å². The molecule has 0 saturated heterocycles. The minimum Gasteiger partial charge on any atom is -0.356 e. The van der Waals surface area contributed by atoms with Gasteiger partial charge in [0.05, 0.1) is 0 Å². The zero-order valence-electron chi connectivity index (χ0n) is 15.4. The van der Waals surface area contributed by atoms with E-state index < -0.39 is 0 Å². The predicted molar refractivity (Wildman–Crippen MR) is 108 cm³/mol. The fourth-order valence-corrected chi connectivity index (χ4v) is 2.63. The molecule has 1 fully saturated rings. The second-order valence-corrected chi connectivity index (χ2v) is 7.07. The van der Waals surface area contributed by atoms with Gasteiger partial charge in [-0.1, -0.05) is 33.6 Å². The summed E-state index contributed by atoms with van der Waals surface area (Å²) >= 11 is 0. The third-order valence-corrected chi connectivity index (χ3v) is 4.32. The first-order chi connectivity index (χ1) is 10.4. The minimum atomic E-state index is 0. The van der Waals surface area contributed by atoms with Crippen molar-refractivity contribution < 1.29 is 4.79 Å². The van der Waals surface area contributed by atoms with Gasteiger partial charge in [0.25, 0.3) is 0 Å². The van der Waals surface area contributed by atoms with E-state index in [0.717, 1.165) is 18.9 Å². The van der Waals surface area contributed by atoms with Crippen LogP contribution in [0.3, 0.4) is 0 Å². The number of guanidine groups is 1. The highest BCUT2D eigenvalue weighted by molar-refractivity contribution is 14.0. The van der Waals surface area contributed by atoms with E-state index in [1.807, 2.05) is 0 Å². The molecule has 1 saturated carbocycles. The Morgan fingerprint density at radius 2 is 1.91 bits per heavy atom. The number of hydrogen-bond donors (Lipinski definition) is 2. The lowest BCUT2D eigenvalue weighted by Crippen LogP contribution is -2.48. The standard InChI is InChI=1S/C17H34N4O.HI/c1-13(2)10-11-18-17(19-12-16(22)21(4)5)20-15-9-7-6-8-14(15)3;/h13-15H,6-12H2,1-5H3,(H2,18,19,20);1H. The van der Waals surface area contributed by atoms with E-state index in [9.17, 15) is 4.79 Å².